The zero-order valence-corrected chi connectivity index (χ0v) is 11.0. The van der Waals surface area contributed by atoms with E-state index in [1.54, 1.807) is 18.2 Å². The maximum absolute atomic E-state index is 6.05. The van der Waals surface area contributed by atoms with Crippen LogP contribution >= 0.6 is 23.2 Å². The van der Waals surface area contributed by atoms with E-state index < -0.39 is 0 Å². The van der Waals surface area contributed by atoms with E-state index in [0.717, 1.165) is 6.42 Å². The summed E-state index contributed by atoms with van der Waals surface area (Å²) < 4.78 is 11.3. The first-order valence-electron chi connectivity index (χ1n) is 5.61. The minimum atomic E-state index is -0.0601. The van der Waals surface area contributed by atoms with Gasteiger partial charge in [0, 0.05) is 19.1 Å². The van der Waals surface area contributed by atoms with Crippen LogP contribution in [0.1, 0.15) is 13.3 Å². The van der Waals surface area contributed by atoms with E-state index >= 15 is 0 Å². The largest absolute Gasteiger partial charge is 0.486 e. The summed E-state index contributed by atoms with van der Waals surface area (Å²) in [7, 11) is 0. The summed E-state index contributed by atoms with van der Waals surface area (Å²) in [6.45, 7) is 2.57. The highest BCUT2D eigenvalue weighted by Gasteiger charge is 2.41. The van der Waals surface area contributed by atoms with E-state index in [1.165, 1.54) is 0 Å². The van der Waals surface area contributed by atoms with Crippen LogP contribution in [0.5, 0.6) is 5.75 Å². The molecule has 0 heterocycles. The van der Waals surface area contributed by atoms with E-state index in [9.17, 15) is 0 Å². The van der Waals surface area contributed by atoms with Gasteiger partial charge in [-0.3, -0.25) is 0 Å². The van der Waals surface area contributed by atoms with Gasteiger partial charge < -0.3 is 15.2 Å². The lowest BCUT2D eigenvalue weighted by Gasteiger charge is -2.41. The van der Waals surface area contributed by atoms with Crippen LogP contribution in [0.2, 0.25) is 10.0 Å². The Morgan fingerprint density at radius 3 is 2.82 bits per heavy atom. The van der Waals surface area contributed by atoms with Gasteiger partial charge in [-0.15, -0.1) is 0 Å². The van der Waals surface area contributed by atoms with Gasteiger partial charge in [-0.25, -0.2) is 0 Å². The van der Waals surface area contributed by atoms with Crippen molar-refractivity contribution >= 4 is 23.2 Å². The van der Waals surface area contributed by atoms with Crippen LogP contribution in [-0.2, 0) is 4.74 Å². The number of hydrogen-bond donors (Lipinski definition) is 1. The van der Waals surface area contributed by atoms with Gasteiger partial charge in [-0.05, 0) is 19.1 Å². The highest BCUT2D eigenvalue weighted by molar-refractivity contribution is 6.42. The monoisotopic (exact) mass is 275 g/mol. The van der Waals surface area contributed by atoms with Crippen LogP contribution in [0.25, 0.3) is 0 Å². The van der Waals surface area contributed by atoms with Gasteiger partial charge >= 0.3 is 0 Å². The quantitative estimate of drug-likeness (QED) is 0.919. The van der Waals surface area contributed by atoms with Crippen molar-refractivity contribution in [1.82, 2.24) is 0 Å². The molecule has 3 atom stereocenters. The molecule has 0 amide bonds. The van der Waals surface area contributed by atoms with Crippen molar-refractivity contribution in [3.63, 3.8) is 0 Å². The maximum atomic E-state index is 6.05. The van der Waals surface area contributed by atoms with Crippen LogP contribution < -0.4 is 10.5 Å². The van der Waals surface area contributed by atoms with Crippen molar-refractivity contribution in [3.8, 4) is 5.75 Å². The van der Waals surface area contributed by atoms with E-state index in [4.69, 9.17) is 38.4 Å². The van der Waals surface area contributed by atoms with Gasteiger partial charge in [-0.2, -0.15) is 0 Å². The molecule has 1 aliphatic carbocycles. The van der Waals surface area contributed by atoms with Crippen molar-refractivity contribution < 1.29 is 9.47 Å². The Bertz CT molecular complexity index is 400. The Morgan fingerprint density at radius 2 is 2.18 bits per heavy atom. The van der Waals surface area contributed by atoms with Gasteiger partial charge in [0.15, 0.2) is 0 Å². The van der Waals surface area contributed by atoms with Crippen LogP contribution in [0.4, 0.5) is 0 Å². The summed E-state index contributed by atoms with van der Waals surface area (Å²) in [5.41, 5.74) is 5.86. The number of benzene rings is 1. The Labute approximate surface area is 111 Å². The summed E-state index contributed by atoms with van der Waals surface area (Å²) >= 11 is 12.0. The van der Waals surface area contributed by atoms with E-state index in [0.29, 0.717) is 22.4 Å². The molecular formula is C12H15Cl2NO2. The average Bonchev–Trinajstić information content (AvgIpc) is 2.31. The van der Waals surface area contributed by atoms with Gasteiger partial charge in [0.25, 0.3) is 0 Å². The number of nitrogens with two attached hydrogens (primary N) is 1. The fraction of sp³-hybridized carbons (Fsp3) is 0.500. The van der Waals surface area contributed by atoms with Crippen molar-refractivity contribution in [2.75, 3.05) is 6.61 Å². The molecule has 0 aromatic heterocycles. The summed E-state index contributed by atoms with van der Waals surface area (Å²) in [5, 5.41) is 0.922. The van der Waals surface area contributed by atoms with E-state index in [2.05, 4.69) is 0 Å². The highest BCUT2D eigenvalue weighted by atomic mass is 35.5. The SMILES string of the molecule is CCOC1C(N)CC1Oc1cccc(Cl)c1Cl. The molecule has 17 heavy (non-hydrogen) atoms. The fourth-order valence-corrected chi connectivity index (χ4v) is 2.23. The van der Waals surface area contributed by atoms with Gasteiger partial charge in [0.05, 0.1) is 5.02 Å². The van der Waals surface area contributed by atoms with Gasteiger partial charge in [0.2, 0.25) is 0 Å². The second-order valence-corrected chi connectivity index (χ2v) is 4.81. The third kappa shape index (κ3) is 2.68. The molecule has 1 aliphatic rings. The van der Waals surface area contributed by atoms with Crippen molar-refractivity contribution in [2.45, 2.75) is 31.6 Å². The lowest BCUT2D eigenvalue weighted by Crippen LogP contribution is -2.59. The van der Waals surface area contributed by atoms with Crippen molar-refractivity contribution in [3.05, 3.63) is 28.2 Å². The molecule has 1 saturated carbocycles. The first kappa shape index (κ1) is 13.0. The molecule has 0 radical (unpaired) electrons. The molecule has 2 N–H and O–H groups in total. The first-order valence-corrected chi connectivity index (χ1v) is 6.37. The molecule has 0 aliphatic heterocycles. The highest BCUT2D eigenvalue weighted by Crippen LogP contribution is 2.35. The number of halogens is 2. The van der Waals surface area contributed by atoms with Gasteiger partial charge in [-0.1, -0.05) is 29.3 Å². The van der Waals surface area contributed by atoms with Crippen molar-refractivity contribution in [1.29, 1.82) is 0 Å². The molecule has 94 valence electrons. The summed E-state index contributed by atoms with van der Waals surface area (Å²) in [6, 6.07) is 5.36. The number of ether oxygens (including phenoxy) is 2. The van der Waals surface area contributed by atoms with Crippen LogP contribution in [0.15, 0.2) is 18.2 Å². The summed E-state index contributed by atoms with van der Waals surface area (Å²) in [4.78, 5) is 0. The first-order chi connectivity index (χ1) is 8.13. The molecule has 1 aromatic rings. The Balaban J connectivity index is 2.04. The Kier molecular flexibility index (Phi) is 4.15. The Morgan fingerprint density at radius 1 is 1.41 bits per heavy atom. The fourth-order valence-electron chi connectivity index (χ4n) is 1.89. The molecule has 0 bridgehead atoms. The second-order valence-electron chi connectivity index (χ2n) is 4.03. The molecule has 0 spiro atoms. The topological polar surface area (TPSA) is 44.5 Å². The van der Waals surface area contributed by atoms with E-state index in [1.807, 2.05) is 6.92 Å². The molecule has 5 heteroatoms. The normalized spacial score (nSPS) is 27.6. The van der Waals surface area contributed by atoms with E-state index in [-0.39, 0.29) is 18.2 Å². The lowest BCUT2D eigenvalue weighted by atomic mass is 9.86. The van der Waals surface area contributed by atoms with Crippen LogP contribution in [0, 0.1) is 0 Å². The predicted molar refractivity (Wildman–Crippen MR) is 68.9 cm³/mol. The zero-order valence-electron chi connectivity index (χ0n) is 9.53. The molecule has 3 unspecified atom stereocenters. The predicted octanol–water partition coefficient (Wildman–Crippen LogP) is 2.88. The van der Waals surface area contributed by atoms with Crippen LogP contribution in [-0.4, -0.2) is 24.9 Å². The van der Waals surface area contributed by atoms with Gasteiger partial charge in [0.1, 0.15) is 23.0 Å². The summed E-state index contributed by atoms with van der Waals surface area (Å²) in [6.07, 6.45) is 0.670. The number of hydrogen-bond acceptors (Lipinski definition) is 3. The average molecular weight is 276 g/mol. The lowest BCUT2D eigenvalue weighted by molar-refractivity contribution is -0.0945. The standard InChI is InChI=1S/C12H15Cl2NO2/c1-2-16-12-8(15)6-10(12)17-9-5-3-4-7(13)11(9)14/h3-5,8,10,12H,2,6,15H2,1H3. The minimum absolute atomic E-state index is 0.0397. The number of rotatable bonds is 4. The minimum Gasteiger partial charge on any atom is -0.486 e. The molecule has 3 nitrogen and oxygen atoms in total. The van der Waals surface area contributed by atoms with Crippen LogP contribution in [0.3, 0.4) is 0 Å². The molecule has 1 aromatic carbocycles. The molecular weight excluding hydrogens is 261 g/mol. The molecule has 1 fully saturated rings. The third-order valence-corrected chi connectivity index (χ3v) is 3.65. The zero-order chi connectivity index (χ0) is 12.4. The maximum Gasteiger partial charge on any atom is 0.139 e. The Hall–Kier alpha value is -0.480. The van der Waals surface area contributed by atoms with Crippen molar-refractivity contribution in [2.24, 2.45) is 5.73 Å². The molecule has 2 rings (SSSR count). The second kappa shape index (κ2) is 5.44. The molecule has 0 saturated heterocycles. The summed E-state index contributed by atoms with van der Waals surface area (Å²) in [5.74, 6) is 0.584. The third-order valence-electron chi connectivity index (χ3n) is 2.85. The smallest absolute Gasteiger partial charge is 0.139 e.